The van der Waals surface area contributed by atoms with Crippen LogP contribution in [0.5, 0.6) is 0 Å². The van der Waals surface area contributed by atoms with Crippen LogP contribution in [-0.4, -0.2) is 36.1 Å². The summed E-state index contributed by atoms with van der Waals surface area (Å²) in [7, 11) is 1.42. The number of carbonyl (C=O) groups is 1. The first kappa shape index (κ1) is 16.7. The van der Waals surface area contributed by atoms with Crippen molar-refractivity contribution in [3.63, 3.8) is 0 Å². The highest BCUT2D eigenvalue weighted by atomic mass is 35.5. The Morgan fingerprint density at radius 1 is 1.33 bits per heavy atom. The van der Waals surface area contributed by atoms with Crippen LogP contribution in [0.1, 0.15) is 23.6 Å². The molecule has 0 saturated carbocycles. The van der Waals surface area contributed by atoms with Crippen molar-refractivity contribution in [3.05, 3.63) is 71.0 Å². The molecule has 0 saturated heterocycles. The smallest absolute Gasteiger partial charge is 0.327 e. The molecule has 1 aromatic heterocycles. The average molecular weight is 343 g/mol. The number of hydrogen-bond acceptors (Lipinski definition) is 4. The first-order chi connectivity index (χ1) is 11.7. The van der Waals surface area contributed by atoms with Crippen molar-refractivity contribution < 1.29 is 9.53 Å². The number of pyridine rings is 1. The van der Waals surface area contributed by atoms with Crippen LogP contribution >= 0.6 is 11.6 Å². The quantitative estimate of drug-likeness (QED) is 0.794. The van der Waals surface area contributed by atoms with E-state index >= 15 is 0 Å². The minimum absolute atomic E-state index is 0.273. The van der Waals surface area contributed by atoms with Crippen LogP contribution in [-0.2, 0) is 9.53 Å². The lowest BCUT2D eigenvalue weighted by Gasteiger charge is -2.33. The van der Waals surface area contributed by atoms with Gasteiger partial charge in [-0.3, -0.25) is 9.88 Å². The Kier molecular flexibility index (Phi) is 5.28. The summed E-state index contributed by atoms with van der Waals surface area (Å²) in [6, 6.07) is 10.9. The predicted octanol–water partition coefficient (Wildman–Crippen LogP) is 3.74. The molecule has 124 valence electrons. The highest BCUT2D eigenvalue weighted by Crippen LogP contribution is 2.30. The summed E-state index contributed by atoms with van der Waals surface area (Å²) in [6.45, 7) is 1.45. The third-order valence-electron chi connectivity index (χ3n) is 4.17. The molecular formula is C19H19ClN2O2. The molecular weight excluding hydrogens is 324 g/mol. The molecule has 4 nitrogen and oxygen atoms in total. The van der Waals surface area contributed by atoms with Gasteiger partial charge in [0.05, 0.1) is 7.11 Å². The number of halogens is 1. The maximum atomic E-state index is 12.4. The molecule has 1 unspecified atom stereocenters. The van der Waals surface area contributed by atoms with Gasteiger partial charge >= 0.3 is 5.97 Å². The van der Waals surface area contributed by atoms with Crippen molar-refractivity contribution in [2.24, 2.45) is 0 Å². The lowest BCUT2D eigenvalue weighted by atomic mass is 9.98. The van der Waals surface area contributed by atoms with E-state index in [0.29, 0.717) is 11.6 Å². The van der Waals surface area contributed by atoms with Crippen LogP contribution in [0.3, 0.4) is 0 Å². The second kappa shape index (κ2) is 7.60. The van der Waals surface area contributed by atoms with Gasteiger partial charge in [0.15, 0.2) is 0 Å². The minimum Gasteiger partial charge on any atom is -0.468 e. The third-order valence-corrected chi connectivity index (χ3v) is 4.40. The first-order valence-corrected chi connectivity index (χ1v) is 8.23. The molecule has 0 radical (unpaired) electrons. The van der Waals surface area contributed by atoms with Gasteiger partial charge in [-0.1, -0.05) is 35.9 Å². The summed E-state index contributed by atoms with van der Waals surface area (Å²) in [5, 5.41) is 0.612. The Balaban J connectivity index is 1.89. The summed E-state index contributed by atoms with van der Waals surface area (Å²) in [5.41, 5.74) is 3.10. The van der Waals surface area contributed by atoms with E-state index in [0.717, 1.165) is 24.1 Å². The number of rotatable bonds is 4. The summed E-state index contributed by atoms with van der Waals surface area (Å²) in [5.74, 6) is -0.273. The van der Waals surface area contributed by atoms with E-state index in [4.69, 9.17) is 16.3 Å². The fraction of sp³-hybridized carbons (Fsp3) is 0.263. The van der Waals surface area contributed by atoms with E-state index in [1.165, 1.54) is 12.7 Å². The maximum Gasteiger partial charge on any atom is 0.327 e. The number of ether oxygens (including phenoxy) is 1. The molecule has 0 bridgehead atoms. The fourth-order valence-electron chi connectivity index (χ4n) is 3.03. The van der Waals surface area contributed by atoms with Crippen molar-refractivity contribution in [2.45, 2.75) is 12.5 Å². The number of methoxy groups -OCH3 is 1. The zero-order valence-corrected chi connectivity index (χ0v) is 14.2. The van der Waals surface area contributed by atoms with Crippen LogP contribution in [0.2, 0.25) is 5.02 Å². The lowest BCUT2D eigenvalue weighted by Crippen LogP contribution is -2.38. The van der Waals surface area contributed by atoms with Gasteiger partial charge < -0.3 is 4.74 Å². The van der Waals surface area contributed by atoms with Crippen molar-refractivity contribution >= 4 is 23.1 Å². The van der Waals surface area contributed by atoms with Crippen molar-refractivity contribution in [3.8, 4) is 0 Å². The zero-order chi connectivity index (χ0) is 16.9. The van der Waals surface area contributed by atoms with Gasteiger partial charge in [-0.2, -0.15) is 0 Å². The molecule has 3 rings (SSSR count). The van der Waals surface area contributed by atoms with Crippen LogP contribution in [0, 0.1) is 0 Å². The molecule has 1 aromatic carbocycles. The van der Waals surface area contributed by atoms with Crippen LogP contribution in [0.15, 0.2) is 54.9 Å². The average Bonchev–Trinajstić information content (AvgIpc) is 2.63. The van der Waals surface area contributed by atoms with Gasteiger partial charge in [0.25, 0.3) is 0 Å². The Hall–Kier alpha value is -2.17. The van der Waals surface area contributed by atoms with Gasteiger partial charge in [-0.15, -0.1) is 0 Å². The van der Waals surface area contributed by atoms with Gasteiger partial charge in [-0.05, 0) is 41.3 Å². The normalized spacial score (nSPS) is 16.3. The van der Waals surface area contributed by atoms with Gasteiger partial charge in [0, 0.05) is 30.5 Å². The summed E-state index contributed by atoms with van der Waals surface area (Å²) in [6.07, 6.45) is 6.69. The standard InChI is InChI=1S/C19H19ClN2O2/c1-24-19(23)18(14-5-2-8-17(20)11-14)22-10-4-7-16(13-22)15-6-3-9-21-12-15/h2-3,5-9,11-12,18H,4,10,13H2,1H3. The third kappa shape index (κ3) is 3.66. The number of hydrogen-bond donors (Lipinski definition) is 0. The lowest BCUT2D eigenvalue weighted by molar-refractivity contribution is -0.147. The highest BCUT2D eigenvalue weighted by Gasteiger charge is 2.30. The molecule has 0 spiro atoms. The van der Waals surface area contributed by atoms with Crippen molar-refractivity contribution in [1.29, 1.82) is 0 Å². The largest absolute Gasteiger partial charge is 0.468 e. The molecule has 0 aliphatic carbocycles. The number of esters is 1. The Bertz CT molecular complexity index is 746. The summed E-state index contributed by atoms with van der Waals surface area (Å²) < 4.78 is 5.05. The van der Waals surface area contributed by atoms with E-state index in [9.17, 15) is 4.79 Å². The molecule has 24 heavy (non-hydrogen) atoms. The van der Waals surface area contributed by atoms with Crippen LogP contribution < -0.4 is 0 Å². The second-order valence-corrected chi connectivity index (χ2v) is 6.15. The van der Waals surface area contributed by atoms with Crippen LogP contribution in [0.4, 0.5) is 0 Å². The number of aromatic nitrogens is 1. The molecule has 1 atom stereocenters. The molecule has 0 N–H and O–H groups in total. The summed E-state index contributed by atoms with van der Waals surface area (Å²) in [4.78, 5) is 18.7. The van der Waals surface area contributed by atoms with E-state index < -0.39 is 6.04 Å². The van der Waals surface area contributed by atoms with E-state index in [1.807, 2.05) is 36.5 Å². The van der Waals surface area contributed by atoms with Gasteiger partial charge in [0.2, 0.25) is 0 Å². The highest BCUT2D eigenvalue weighted by molar-refractivity contribution is 6.30. The predicted molar refractivity (Wildman–Crippen MR) is 94.6 cm³/mol. The van der Waals surface area contributed by atoms with Crippen molar-refractivity contribution in [1.82, 2.24) is 9.88 Å². The van der Waals surface area contributed by atoms with E-state index in [1.54, 1.807) is 12.3 Å². The monoisotopic (exact) mass is 342 g/mol. The Morgan fingerprint density at radius 3 is 2.92 bits per heavy atom. The van der Waals surface area contributed by atoms with Crippen molar-refractivity contribution in [2.75, 3.05) is 20.2 Å². The molecule has 0 fully saturated rings. The summed E-state index contributed by atoms with van der Waals surface area (Å²) >= 11 is 6.11. The molecule has 0 amide bonds. The molecule has 1 aliphatic rings. The minimum atomic E-state index is -0.464. The van der Waals surface area contributed by atoms with Crippen LogP contribution in [0.25, 0.3) is 5.57 Å². The zero-order valence-electron chi connectivity index (χ0n) is 13.5. The van der Waals surface area contributed by atoms with Gasteiger partial charge in [0.1, 0.15) is 6.04 Å². The first-order valence-electron chi connectivity index (χ1n) is 7.86. The number of benzene rings is 1. The molecule has 2 aromatic rings. The maximum absolute atomic E-state index is 12.4. The van der Waals surface area contributed by atoms with E-state index in [2.05, 4.69) is 16.0 Å². The fourth-order valence-corrected chi connectivity index (χ4v) is 3.23. The van der Waals surface area contributed by atoms with Gasteiger partial charge in [-0.25, -0.2) is 4.79 Å². The second-order valence-electron chi connectivity index (χ2n) is 5.71. The molecule has 1 aliphatic heterocycles. The molecule has 2 heterocycles. The van der Waals surface area contributed by atoms with E-state index in [-0.39, 0.29) is 5.97 Å². The Labute approximate surface area is 146 Å². The molecule has 5 heteroatoms. The Morgan fingerprint density at radius 2 is 2.21 bits per heavy atom. The SMILES string of the molecule is COC(=O)C(c1cccc(Cl)c1)N1CCC=C(c2cccnc2)C1. The topological polar surface area (TPSA) is 42.4 Å². The number of nitrogens with zero attached hydrogens (tertiary/aromatic N) is 2. The number of carbonyl (C=O) groups excluding carboxylic acids is 1.